The molecule has 3 heterocycles. The Bertz CT molecular complexity index is 1960. The van der Waals surface area contributed by atoms with Crippen LogP contribution in [0.2, 0.25) is 0 Å². The lowest BCUT2D eigenvalue weighted by molar-refractivity contribution is 0.0742. The van der Waals surface area contributed by atoms with Crippen molar-refractivity contribution in [1.82, 2.24) is 20.1 Å². The van der Waals surface area contributed by atoms with Gasteiger partial charge in [0.25, 0.3) is 11.5 Å². The Hall–Kier alpha value is -5.11. The molecule has 0 radical (unpaired) electrons. The molecule has 0 atom stereocenters. The number of fused-ring (bicyclic) bond motifs is 3. The van der Waals surface area contributed by atoms with Crippen molar-refractivity contribution < 1.29 is 9.18 Å². The maximum Gasteiger partial charge on any atom is 0.272 e. The lowest BCUT2D eigenvalue weighted by Gasteiger charge is -2.37. The molecule has 8 heteroatoms. The fraction of sp³-hybridized carbons (Fsp3) is 0.152. The van der Waals surface area contributed by atoms with Gasteiger partial charge in [0.05, 0.1) is 33.4 Å². The summed E-state index contributed by atoms with van der Waals surface area (Å²) in [5.41, 5.74) is 4.18. The first-order valence-electron chi connectivity index (χ1n) is 13.6. The molecule has 1 N–H and O–H groups in total. The standard InChI is InChI=1S/C33H26FN5O2/c34-27-14-13-21(20-30-22-7-1-2-8-23(22)32(40)37-36-30)19-26(27)33(41)39-17-15-38(16-18-39)31-24-9-3-5-11-28(24)35-29-12-6-4-10-25(29)31/h1-14,19H,15-18,20H2,(H,37,40). The number of pyridine rings is 1. The summed E-state index contributed by atoms with van der Waals surface area (Å²) in [7, 11) is 0. The number of piperazine rings is 1. The number of H-pyrrole nitrogens is 1. The average Bonchev–Trinajstić information content (AvgIpc) is 3.02. The smallest absolute Gasteiger partial charge is 0.272 e. The number of carbonyl (C=O) groups excluding carboxylic acids is 1. The van der Waals surface area contributed by atoms with Crippen LogP contribution in [0.3, 0.4) is 0 Å². The van der Waals surface area contributed by atoms with Crippen molar-refractivity contribution in [2.75, 3.05) is 31.1 Å². The maximum absolute atomic E-state index is 15.0. The number of para-hydroxylation sites is 2. The predicted molar refractivity (Wildman–Crippen MR) is 159 cm³/mol. The van der Waals surface area contributed by atoms with Crippen molar-refractivity contribution in [3.63, 3.8) is 0 Å². The normalized spacial score (nSPS) is 13.8. The number of rotatable bonds is 4. The Morgan fingerprint density at radius 1 is 0.780 bits per heavy atom. The van der Waals surface area contributed by atoms with E-state index in [1.165, 1.54) is 6.07 Å². The summed E-state index contributed by atoms with van der Waals surface area (Å²) >= 11 is 0. The third kappa shape index (κ3) is 4.47. The molecule has 0 unspecified atom stereocenters. The molecule has 7 nitrogen and oxygen atoms in total. The summed E-state index contributed by atoms with van der Waals surface area (Å²) in [6, 6.07) is 28.1. The van der Waals surface area contributed by atoms with Crippen molar-refractivity contribution in [3.8, 4) is 0 Å². The molecule has 0 spiro atoms. The van der Waals surface area contributed by atoms with Gasteiger partial charge < -0.3 is 9.80 Å². The SMILES string of the molecule is O=C(c1cc(Cc2n[nH]c(=O)c3ccccc23)ccc1F)N1CCN(c2c3ccccc3nc3ccccc23)CC1. The molecule has 0 saturated carbocycles. The van der Waals surface area contributed by atoms with E-state index in [4.69, 9.17) is 4.98 Å². The molecule has 1 aliphatic rings. The lowest BCUT2D eigenvalue weighted by atomic mass is 10.0. The van der Waals surface area contributed by atoms with Gasteiger partial charge in [0.2, 0.25) is 0 Å². The lowest BCUT2D eigenvalue weighted by Crippen LogP contribution is -2.49. The van der Waals surface area contributed by atoms with E-state index >= 15 is 0 Å². The van der Waals surface area contributed by atoms with Crippen molar-refractivity contribution in [2.24, 2.45) is 0 Å². The largest absolute Gasteiger partial charge is 0.367 e. The van der Waals surface area contributed by atoms with E-state index in [0.717, 1.165) is 38.4 Å². The highest BCUT2D eigenvalue weighted by atomic mass is 19.1. The topological polar surface area (TPSA) is 82.2 Å². The highest BCUT2D eigenvalue weighted by Crippen LogP contribution is 2.34. The summed E-state index contributed by atoms with van der Waals surface area (Å²) in [6.45, 7) is 2.19. The molecule has 7 rings (SSSR count). The second-order valence-corrected chi connectivity index (χ2v) is 10.3. The van der Waals surface area contributed by atoms with Gasteiger partial charge in [0, 0.05) is 48.8 Å². The van der Waals surface area contributed by atoms with E-state index in [9.17, 15) is 14.0 Å². The predicted octanol–water partition coefficient (Wildman–Crippen LogP) is 5.32. The van der Waals surface area contributed by atoms with Gasteiger partial charge in [-0.3, -0.25) is 9.59 Å². The number of nitrogens with zero attached hydrogens (tertiary/aromatic N) is 4. The molecular weight excluding hydrogens is 517 g/mol. The molecule has 4 aromatic carbocycles. The number of halogens is 1. The number of aromatic nitrogens is 3. The molecule has 2 aromatic heterocycles. The quantitative estimate of drug-likeness (QED) is 0.305. The van der Waals surface area contributed by atoms with Crippen LogP contribution >= 0.6 is 0 Å². The van der Waals surface area contributed by atoms with Gasteiger partial charge in [-0.05, 0) is 35.9 Å². The zero-order valence-electron chi connectivity index (χ0n) is 22.2. The number of anilines is 1. The Morgan fingerprint density at radius 2 is 1.39 bits per heavy atom. The van der Waals surface area contributed by atoms with E-state index in [2.05, 4.69) is 27.2 Å². The monoisotopic (exact) mass is 543 g/mol. The molecule has 6 aromatic rings. The van der Waals surface area contributed by atoms with E-state index in [0.29, 0.717) is 43.7 Å². The zero-order chi connectivity index (χ0) is 27.9. The number of aromatic amines is 1. The first kappa shape index (κ1) is 24.9. The maximum atomic E-state index is 15.0. The van der Waals surface area contributed by atoms with Crippen LogP contribution in [0.25, 0.3) is 32.6 Å². The van der Waals surface area contributed by atoms with Crippen LogP contribution in [0.15, 0.2) is 95.8 Å². The van der Waals surface area contributed by atoms with Gasteiger partial charge in [0.15, 0.2) is 0 Å². The Balaban J connectivity index is 1.14. The van der Waals surface area contributed by atoms with Crippen LogP contribution in [0.5, 0.6) is 0 Å². The molecule has 0 aliphatic carbocycles. The second-order valence-electron chi connectivity index (χ2n) is 10.3. The molecule has 41 heavy (non-hydrogen) atoms. The van der Waals surface area contributed by atoms with Crippen LogP contribution in [0.1, 0.15) is 21.6 Å². The highest BCUT2D eigenvalue weighted by Gasteiger charge is 2.26. The number of amides is 1. The van der Waals surface area contributed by atoms with Crippen LogP contribution in [-0.2, 0) is 6.42 Å². The highest BCUT2D eigenvalue weighted by molar-refractivity contribution is 6.08. The van der Waals surface area contributed by atoms with Crippen molar-refractivity contribution in [3.05, 3.63) is 124 Å². The molecule has 202 valence electrons. The summed E-state index contributed by atoms with van der Waals surface area (Å²) < 4.78 is 15.0. The number of hydrogen-bond acceptors (Lipinski definition) is 5. The average molecular weight is 544 g/mol. The fourth-order valence-electron chi connectivity index (χ4n) is 5.81. The Morgan fingerprint density at radius 3 is 2.07 bits per heavy atom. The summed E-state index contributed by atoms with van der Waals surface area (Å²) in [5, 5.41) is 10.2. The third-order valence-corrected chi connectivity index (χ3v) is 7.85. The molecule has 0 bridgehead atoms. The number of hydrogen-bond donors (Lipinski definition) is 1. The minimum absolute atomic E-state index is 0.0458. The third-order valence-electron chi connectivity index (χ3n) is 7.85. The fourth-order valence-corrected chi connectivity index (χ4v) is 5.81. The van der Waals surface area contributed by atoms with E-state index in [-0.39, 0.29) is 17.0 Å². The Labute approximate surface area is 234 Å². The van der Waals surface area contributed by atoms with E-state index < -0.39 is 5.82 Å². The first-order valence-corrected chi connectivity index (χ1v) is 13.6. The van der Waals surface area contributed by atoms with Gasteiger partial charge in [-0.25, -0.2) is 14.5 Å². The summed E-state index contributed by atoms with van der Waals surface area (Å²) in [5.74, 6) is -0.876. The van der Waals surface area contributed by atoms with Crippen molar-refractivity contribution in [1.29, 1.82) is 0 Å². The van der Waals surface area contributed by atoms with Gasteiger partial charge in [-0.15, -0.1) is 0 Å². The summed E-state index contributed by atoms with van der Waals surface area (Å²) in [6.07, 6.45) is 0.355. The van der Waals surface area contributed by atoms with Crippen LogP contribution in [0.4, 0.5) is 10.1 Å². The first-order chi connectivity index (χ1) is 20.1. The van der Waals surface area contributed by atoms with Crippen molar-refractivity contribution >= 4 is 44.2 Å². The Kier molecular flexibility index (Phi) is 6.15. The minimum atomic E-state index is -0.549. The summed E-state index contributed by atoms with van der Waals surface area (Å²) in [4.78, 5) is 34.6. The van der Waals surface area contributed by atoms with Crippen molar-refractivity contribution in [2.45, 2.75) is 6.42 Å². The van der Waals surface area contributed by atoms with Gasteiger partial charge in [0.1, 0.15) is 5.82 Å². The van der Waals surface area contributed by atoms with Crippen LogP contribution in [0, 0.1) is 5.82 Å². The van der Waals surface area contributed by atoms with Gasteiger partial charge in [-0.1, -0.05) is 60.7 Å². The van der Waals surface area contributed by atoms with Gasteiger partial charge >= 0.3 is 0 Å². The second kappa shape index (κ2) is 10.1. The van der Waals surface area contributed by atoms with Gasteiger partial charge in [-0.2, -0.15) is 5.10 Å². The zero-order valence-corrected chi connectivity index (χ0v) is 22.2. The molecule has 1 saturated heterocycles. The number of benzene rings is 4. The van der Waals surface area contributed by atoms with E-state index in [1.807, 2.05) is 48.5 Å². The molecule has 1 amide bonds. The number of carbonyl (C=O) groups is 1. The molecular formula is C33H26FN5O2. The van der Waals surface area contributed by atoms with E-state index in [1.54, 1.807) is 29.2 Å². The minimum Gasteiger partial charge on any atom is -0.367 e. The van der Waals surface area contributed by atoms with Crippen LogP contribution in [-0.4, -0.2) is 52.2 Å². The van der Waals surface area contributed by atoms with Crippen LogP contribution < -0.4 is 10.5 Å². The molecule has 1 aliphatic heterocycles. The number of nitrogens with one attached hydrogen (secondary N) is 1. The molecule has 1 fully saturated rings.